The minimum absolute atomic E-state index is 0.276. The summed E-state index contributed by atoms with van der Waals surface area (Å²) in [7, 11) is 0.650. The summed E-state index contributed by atoms with van der Waals surface area (Å²) in [4.78, 5) is 11.2. The van der Waals surface area contributed by atoms with Crippen LogP contribution in [0.15, 0.2) is 11.6 Å². The monoisotopic (exact) mass is 247 g/mol. The van der Waals surface area contributed by atoms with Crippen LogP contribution in [0.2, 0.25) is 0 Å². The molecule has 94 valence electrons. The summed E-state index contributed by atoms with van der Waals surface area (Å²) in [5.74, 6) is 1.07. The van der Waals surface area contributed by atoms with Crippen molar-refractivity contribution in [2.45, 2.75) is 20.3 Å². The third-order valence-electron chi connectivity index (χ3n) is 2.15. The maximum atomic E-state index is 11.2. The zero-order valence-electron chi connectivity index (χ0n) is 10.2. The maximum absolute atomic E-state index is 11.2. The Morgan fingerprint density at radius 2 is 2.12 bits per heavy atom. The van der Waals surface area contributed by atoms with E-state index in [2.05, 4.69) is 10.1 Å². The SMILES string of the molecule is CCC(=CCNCCS(=O)CC)C(=O)OC. The predicted molar refractivity (Wildman–Crippen MR) is 66.8 cm³/mol. The second-order valence-electron chi connectivity index (χ2n) is 3.21. The van der Waals surface area contributed by atoms with Gasteiger partial charge in [0.2, 0.25) is 0 Å². The minimum Gasteiger partial charge on any atom is -0.466 e. The second kappa shape index (κ2) is 9.54. The molecule has 0 spiro atoms. The summed E-state index contributed by atoms with van der Waals surface area (Å²) in [6.45, 7) is 5.13. The van der Waals surface area contributed by atoms with Crippen molar-refractivity contribution < 1.29 is 13.7 Å². The van der Waals surface area contributed by atoms with E-state index in [0.29, 0.717) is 36.6 Å². The molecule has 0 aliphatic rings. The van der Waals surface area contributed by atoms with E-state index < -0.39 is 10.8 Å². The van der Waals surface area contributed by atoms with Crippen molar-refractivity contribution in [3.05, 3.63) is 11.6 Å². The van der Waals surface area contributed by atoms with Crippen molar-refractivity contribution in [2.24, 2.45) is 0 Å². The fourth-order valence-electron chi connectivity index (χ4n) is 1.13. The van der Waals surface area contributed by atoms with Gasteiger partial charge in [0.15, 0.2) is 0 Å². The number of rotatable bonds is 8. The first-order valence-electron chi connectivity index (χ1n) is 5.48. The molecule has 0 bridgehead atoms. The zero-order valence-corrected chi connectivity index (χ0v) is 11.1. The van der Waals surface area contributed by atoms with Gasteiger partial charge in [-0.2, -0.15) is 0 Å². The van der Waals surface area contributed by atoms with E-state index in [1.807, 2.05) is 19.9 Å². The number of hydrogen-bond donors (Lipinski definition) is 1. The molecule has 0 saturated carbocycles. The van der Waals surface area contributed by atoms with Gasteiger partial charge >= 0.3 is 5.97 Å². The molecule has 0 aliphatic carbocycles. The number of nitrogens with one attached hydrogen (secondary N) is 1. The van der Waals surface area contributed by atoms with Crippen LogP contribution in [-0.2, 0) is 20.3 Å². The lowest BCUT2D eigenvalue weighted by Gasteiger charge is -2.03. The van der Waals surface area contributed by atoms with Gasteiger partial charge in [0, 0.05) is 41.0 Å². The lowest BCUT2D eigenvalue weighted by molar-refractivity contribution is -0.136. The molecule has 0 aromatic heterocycles. The third-order valence-corrected chi connectivity index (χ3v) is 3.45. The number of carbonyl (C=O) groups is 1. The highest BCUT2D eigenvalue weighted by molar-refractivity contribution is 7.84. The molecule has 4 nitrogen and oxygen atoms in total. The molecule has 0 amide bonds. The number of esters is 1. The Labute approximate surface area is 99.9 Å². The first-order chi connectivity index (χ1) is 7.65. The van der Waals surface area contributed by atoms with Gasteiger partial charge in [0.1, 0.15) is 0 Å². The molecule has 1 N–H and O–H groups in total. The van der Waals surface area contributed by atoms with Crippen molar-refractivity contribution in [3.8, 4) is 0 Å². The molecule has 0 saturated heterocycles. The smallest absolute Gasteiger partial charge is 0.333 e. The fraction of sp³-hybridized carbons (Fsp3) is 0.727. The van der Waals surface area contributed by atoms with E-state index in [1.54, 1.807) is 0 Å². The van der Waals surface area contributed by atoms with Gasteiger partial charge in [0.25, 0.3) is 0 Å². The van der Waals surface area contributed by atoms with E-state index in [-0.39, 0.29) is 5.97 Å². The Balaban J connectivity index is 3.80. The van der Waals surface area contributed by atoms with Gasteiger partial charge in [-0.3, -0.25) is 4.21 Å². The first-order valence-corrected chi connectivity index (χ1v) is 6.97. The Morgan fingerprint density at radius 3 is 2.62 bits per heavy atom. The average molecular weight is 247 g/mol. The largest absolute Gasteiger partial charge is 0.466 e. The molecule has 0 aliphatic heterocycles. The molecule has 1 unspecified atom stereocenters. The highest BCUT2D eigenvalue weighted by Gasteiger charge is 2.05. The highest BCUT2D eigenvalue weighted by atomic mass is 32.2. The van der Waals surface area contributed by atoms with E-state index >= 15 is 0 Å². The zero-order chi connectivity index (χ0) is 12.4. The van der Waals surface area contributed by atoms with Crippen molar-refractivity contribution in [3.63, 3.8) is 0 Å². The van der Waals surface area contributed by atoms with Crippen molar-refractivity contribution in [2.75, 3.05) is 31.7 Å². The lowest BCUT2D eigenvalue weighted by Crippen LogP contribution is -2.21. The molecule has 0 radical (unpaired) electrons. The molecule has 1 atom stereocenters. The van der Waals surface area contributed by atoms with Crippen LogP contribution >= 0.6 is 0 Å². The third kappa shape index (κ3) is 6.74. The number of hydrogen-bond acceptors (Lipinski definition) is 4. The van der Waals surface area contributed by atoms with E-state index in [1.165, 1.54) is 7.11 Å². The van der Waals surface area contributed by atoms with Crippen LogP contribution in [0.1, 0.15) is 20.3 Å². The molecule has 0 aromatic carbocycles. The van der Waals surface area contributed by atoms with Crippen LogP contribution in [0, 0.1) is 0 Å². The van der Waals surface area contributed by atoms with Gasteiger partial charge in [-0.1, -0.05) is 19.9 Å². The Bertz CT molecular complexity index is 264. The van der Waals surface area contributed by atoms with Gasteiger partial charge in [-0.25, -0.2) is 4.79 Å². The summed E-state index contributed by atoms with van der Waals surface area (Å²) >= 11 is 0. The summed E-state index contributed by atoms with van der Waals surface area (Å²) < 4.78 is 15.7. The summed E-state index contributed by atoms with van der Waals surface area (Å²) in [6, 6.07) is 0. The summed E-state index contributed by atoms with van der Waals surface area (Å²) in [5.41, 5.74) is 0.673. The summed E-state index contributed by atoms with van der Waals surface area (Å²) in [5, 5.41) is 3.12. The van der Waals surface area contributed by atoms with Crippen molar-refractivity contribution in [1.82, 2.24) is 5.32 Å². The van der Waals surface area contributed by atoms with Crippen molar-refractivity contribution in [1.29, 1.82) is 0 Å². The molecule has 5 heteroatoms. The normalized spacial score (nSPS) is 13.6. The summed E-state index contributed by atoms with van der Waals surface area (Å²) in [6.07, 6.45) is 2.48. The van der Waals surface area contributed by atoms with Gasteiger partial charge in [-0.15, -0.1) is 0 Å². The molecular formula is C11H21NO3S. The number of carbonyl (C=O) groups excluding carboxylic acids is 1. The standard InChI is InChI=1S/C11H21NO3S/c1-4-10(11(13)15-3)6-7-12-8-9-16(14)5-2/h6,12H,4-5,7-9H2,1-3H3. The molecule has 16 heavy (non-hydrogen) atoms. The second-order valence-corrected chi connectivity index (χ2v) is 5.08. The average Bonchev–Trinajstić information content (AvgIpc) is 2.32. The Kier molecular flexibility index (Phi) is 9.13. The van der Waals surface area contributed by atoms with Crippen LogP contribution in [0.25, 0.3) is 0 Å². The quantitative estimate of drug-likeness (QED) is 0.392. The van der Waals surface area contributed by atoms with Gasteiger partial charge in [-0.05, 0) is 6.42 Å². The minimum atomic E-state index is -0.728. The molecule has 0 heterocycles. The Hall–Kier alpha value is -0.680. The maximum Gasteiger partial charge on any atom is 0.333 e. The van der Waals surface area contributed by atoms with E-state index in [0.717, 1.165) is 0 Å². The molecular weight excluding hydrogens is 226 g/mol. The molecule has 0 aromatic rings. The van der Waals surface area contributed by atoms with Crippen LogP contribution in [-0.4, -0.2) is 41.9 Å². The van der Waals surface area contributed by atoms with Gasteiger partial charge < -0.3 is 10.1 Å². The van der Waals surface area contributed by atoms with Crippen LogP contribution in [0.5, 0.6) is 0 Å². The van der Waals surface area contributed by atoms with E-state index in [9.17, 15) is 9.00 Å². The van der Waals surface area contributed by atoms with Crippen LogP contribution < -0.4 is 5.32 Å². The Morgan fingerprint density at radius 1 is 1.44 bits per heavy atom. The molecule has 0 rings (SSSR count). The predicted octanol–water partition coefficient (Wildman–Crippen LogP) is 0.854. The number of methoxy groups -OCH3 is 1. The van der Waals surface area contributed by atoms with E-state index in [4.69, 9.17) is 0 Å². The lowest BCUT2D eigenvalue weighted by atomic mass is 10.2. The first kappa shape index (κ1) is 15.3. The molecule has 0 fully saturated rings. The van der Waals surface area contributed by atoms with Crippen molar-refractivity contribution >= 4 is 16.8 Å². The number of ether oxygens (including phenoxy) is 1. The highest BCUT2D eigenvalue weighted by Crippen LogP contribution is 2.01. The topological polar surface area (TPSA) is 55.4 Å². The van der Waals surface area contributed by atoms with Crippen LogP contribution in [0.3, 0.4) is 0 Å². The van der Waals surface area contributed by atoms with Crippen LogP contribution in [0.4, 0.5) is 0 Å². The van der Waals surface area contributed by atoms with Gasteiger partial charge in [0.05, 0.1) is 7.11 Å². The fourth-order valence-corrected chi connectivity index (χ4v) is 1.79.